The summed E-state index contributed by atoms with van der Waals surface area (Å²) in [5.41, 5.74) is -0.0783. The number of ether oxygens (including phenoxy) is 1. The first-order chi connectivity index (χ1) is 10.8. The Balaban J connectivity index is 1.73. The molecule has 1 saturated heterocycles. The predicted octanol–water partition coefficient (Wildman–Crippen LogP) is 1.76. The molecule has 2 heterocycles. The SMILES string of the molecule is C#CCCCCCCN1CCC(COC)(c2nn[nH]n2)CC1. The van der Waals surface area contributed by atoms with Crippen molar-refractivity contribution in [3.63, 3.8) is 0 Å². The molecular weight excluding hydrogens is 278 g/mol. The maximum Gasteiger partial charge on any atom is 0.183 e. The minimum atomic E-state index is -0.0783. The first-order valence-corrected chi connectivity index (χ1v) is 8.19. The van der Waals surface area contributed by atoms with Crippen LogP contribution in [0.25, 0.3) is 0 Å². The van der Waals surface area contributed by atoms with Crippen molar-refractivity contribution >= 4 is 0 Å². The number of methoxy groups -OCH3 is 1. The van der Waals surface area contributed by atoms with Gasteiger partial charge in [-0.15, -0.1) is 22.5 Å². The lowest BCUT2D eigenvalue weighted by atomic mass is 9.78. The van der Waals surface area contributed by atoms with Crippen LogP contribution in [0.1, 0.15) is 50.8 Å². The molecule has 0 aliphatic carbocycles. The van der Waals surface area contributed by atoms with Gasteiger partial charge in [0, 0.05) is 13.5 Å². The van der Waals surface area contributed by atoms with E-state index in [1.165, 1.54) is 25.8 Å². The van der Waals surface area contributed by atoms with Gasteiger partial charge < -0.3 is 9.64 Å². The van der Waals surface area contributed by atoms with Crippen molar-refractivity contribution in [2.45, 2.75) is 50.4 Å². The summed E-state index contributed by atoms with van der Waals surface area (Å²) in [6.07, 6.45) is 13.2. The molecule has 0 unspecified atom stereocenters. The molecule has 1 N–H and O–H groups in total. The van der Waals surface area contributed by atoms with Gasteiger partial charge >= 0.3 is 0 Å². The van der Waals surface area contributed by atoms with Crippen molar-refractivity contribution in [1.29, 1.82) is 0 Å². The second kappa shape index (κ2) is 8.86. The molecular formula is C16H27N5O. The van der Waals surface area contributed by atoms with E-state index in [-0.39, 0.29) is 5.41 Å². The third-order valence-corrected chi connectivity index (χ3v) is 4.60. The molecule has 1 fully saturated rings. The van der Waals surface area contributed by atoms with Crippen LogP contribution in [0, 0.1) is 12.3 Å². The van der Waals surface area contributed by atoms with Gasteiger partial charge in [0.1, 0.15) is 0 Å². The Morgan fingerprint density at radius 1 is 1.27 bits per heavy atom. The zero-order valence-corrected chi connectivity index (χ0v) is 13.6. The number of nitrogens with zero attached hydrogens (tertiary/aromatic N) is 4. The molecule has 0 radical (unpaired) electrons. The minimum absolute atomic E-state index is 0.0783. The second-order valence-electron chi connectivity index (χ2n) is 6.16. The van der Waals surface area contributed by atoms with E-state index in [4.69, 9.17) is 11.2 Å². The second-order valence-corrected chi connectivity index (χ2v) is 6.16. The van der Waals surface area contributed by atoms with Gasteiger partial charge in [-0.3, -0.25) is 0 Å². The van der Waals surface area contributed by atoms with Crippen LogP contribution in [-0.2, 0) is 10.2 Å². The number of aromatic nitrogens is 4. The summed E-state index contributed by atoms with van der Waals surface area (Å²) in [5.74, 6) is 3.50. The molecule has 1 aliphatic heterocycles. The van der Waals surface area contributed by atoms with Gasteiger partial charge in [-0.25, -0.2) is 0 Å². The molecule has 1 aromatic heterocycles. The highest BCUT2D eigenvalue weighted by Crippen LogP contribution is 2.33. The van der Waals surface area contributed by atoms with Crippen LogP contribution in [0.3, 0.4) is 0 Å². The Labute approximate surface area is 133 Å². The number of H-pyrrole nitrogens is 1. The molecule has 0 atom stereocenters. The monoisotopic (exact) mass is 305 g/mol. The fourth-order valence-electron chi connectivity index (χ4n) is 3.22. The lowest BCUT2D eigenvalue weighted by Crippen LogP contribution is -2.46. The lowest BCUT2D eigenvalue weighted by molar-refractivity contribution is 0.0671. The largest absolute Gasteiger partial charge is 0.384 e. The average Bonchev–Trinajstić information content (AvgIpc) is 3.08. The number of aromatic amines is 1. The van der Waals surface area contributed by atoms with Crippen LogP contribution >= 0.6 is 0 Å². The van der Waals surface area contributed by atoms with E-state index in [0.717, 1.165) is 44.6 Å². The lowest BCUT2D eigenvalue weighted by Gasteiger charge is -2.39. The molecule has 0 spiro atoms. The topological polar surface area (TPSA) is 66.9 Å². The molecule has 6 nitrogen and oxygen atoms in total. The first-order valence-electron chi connectivity index (χ1n) is 8.19. The number of hydrogen-bond acceptors (Lipinski definition) is 5. The van der Waals surface area contributed by atoms with E-state index in [1.54, 1.807) is 7.11 Å². The molecule has 22 heavy (non-hydrogen) atoms. The third-order valence-electron chi connectivity index (χ3n) is 4.60. The van der Waals surface area contributed by atoms with Crippen molar-refractivity contribution in [3.8, 4) is 12.3 Å². The molecule has 1 aliphatic rings. The summed E-state index contributed by atoms with van der Waals surface area (Å²) < 4.78 is 5.42. The zero-order chi connectivity index (χ0) is 15.7. The number of likely N-dealkylation sites (tertiary alicyclic amines) is 1. The third kappa shape index (κ3) is 4.52. The van der Waals surface area contributed by atoms with E-state index in [9.17, 15) is 0 Å². The van der Waals surface area contributed by atoms with Gasteiger partial charge in [0.25, 0.3) is 0 Å². The zero-order valence-electron chi connectivity index (χ0n) is 13.6. The fraction of sp³-hybridized carbons (Fsp3) is 0.812. The Morgan fingerprint density at radius 3 is 2.68 bits per heavy atom. The van der Waals surface area contributed by atoms with E-state index in [1.807, 2.05) is 0 Å². The van der Waals surface area contributed by atoms with Crippen molar-refractivity contribution in [2.75, 3.05) is 33.4 Å². The highest BCUT2D eigenvalue weighted by atomic mass is 16.5. The van der Waals surface area contributed by atoms with Gasteiger partial charge in [-0.1, -0.05) is 18.1 Å². The molecule has 6 heteroatoms. The Bertz CT molecular complexity index is 446. The smallest absolute Gasteiger partial charge is 0.183 e. The van der Waals surface area contributed by atoms with Crippen LogP contribution in [0.5, 0.6) is 0 Å². The van der Waals surface area contributed by atoms with Crippen LogP contribution in [-0.4, -0.2) is 58.9 Å². The highest BCUT2D eigenvalue weighted by Gasteiger charge is 2.39. The number of hydrogen-bond donors (Lipinski definition) is 1. The van der Waals surface area contributed by atoms with Crippen molar-refractivity contribution in [3.05, 3.63) is 5.82 Å². The minimum Gasteiger partial charge on any atom is -0.384 e. The van der Waals surface area contributed by atoms with E-state index in [2.05, 4.69) is 31.4 Å². The Kier molecular flexibility index (Phi) is 6.81. The van der Waals surface area contributed by atoms with Gasteiger partial charge in [-0.2, -0.15) is 5.21 Å². The van der Waals surface area contributed by atoms with Crippen LogP contribution < -0.4 is 0 Å². The van der Waals surface area contributed by atoms with Crippen molar-refractivity contribution < 1.29 is 4.74 Å². The van der Waals surface area contributed by atoms with Gasteiger partial charge in [0.15, 0.2) is 5.82 Å². The number of rotatable bonds is 9. The van der Waals surface area contributed by atoms with Crippen molar-refractivity contribution in [1.82, 2.24) is 25.5 Å². The molecule has 0 aromatic carbocycles. The molecule has 0 saturated carbocycles. The average molecular weight is 305 g/mol. The quantitative estimate of drug-likeness (QED) is 0.556. The summed E-state index contributed by atoms with van der Waals surface area (Å²) in [5, 5.41) is 14.7. The fourth-order valence-corrected chi connectivity index (χ4v) is 3.22. The molecule has 2 rings (SSSR count). The molecule has 0 amide bonds. The maximum atomic E-state index is 5.42. The van der Waals surface area contributed by atoms with E-state index >= 15 is 0 Å². The number of piperidine rings is 1. The highest BCUT2D eigenvalue weighted by molar-refractivity contribution is 5.08. The first kappa shape index (κ1) is 16.9. The van der Waals surface area contributed by atoms with E-state index < -0.39 is 0 Å². The Morgan fingerprint density at radius 2 is 2.05 bits per heavy atom. The van der Waals surface area contributed by atoms with Crippen molar-refractivity contribution in [2.24, 2.45) is 0 Å². The van der Waals surface area contributed by atoms with Crippen LogP contribution in [0.4, 0.5) is 0 Å². The number of unbranched alkanes of at least 4 members (excludes halogenated alkanes) is 4. The normalized spacial score (nSPS) is 18.2. The van der Waals surface area contributed by atoms with E-state index in [0.29, 0.717) is 6.61 Å². The van der Waals surface area contributed by atoms with Gasteiger partial charge in [-0.05, 0) is 45.3 Å². The predicted molar refractivity (Wildman–Crippen MR) is 85.3 cm³/mol. The van der Waals surface area contributed by atoms with Crippen LogP contribution in [0.2, 0.25) is 0 Å². The molecule has 122 valence electrons. The maximum absolute atomic E-state index is 5.42. The Hall–Kier alpha value is -1.45. The summed E-state index contributed by atoms with van der Waals surface area (Å²) in [7, 11) is 1.74. The summed E-state index contributed by atoms with van der Waals surface area (Å²) in [6, 6.07) is 0. The van der Waals surface area contributed by atoms with Gasteiger partial charge in [0.05, 0.1) is 12.0 Å². The summed E-state index contributed by atoms with van der Waals surface area (Å²) in [6.45, 7) is 3.97. The summed E-state index contributed by atoms with van der Waals surface area (Å²) in [4.78, 5) is 2.54. The standard InChI is InChI=1S/C16H27N5O/c1-3-4-5-6-7-8-11-21-12-9-16(10-13-21,14-22-2)15-17-19-20-18-15/h1H,4-14H2,2H3,(H,17,18,19,20). The molecule has 0 bridgehead atoms. The number of terminal acetylenes is 1. The molecule has 1 aromatic rings. The number of tetrazole rings is 1. The van der Waals surface area contributed by atoms with Gasteiger partial charge in [0.2, 0.25) is 0 Å². The van der Waals surface area contributed by atoms with Crippen LogP contribution in [0.15, 0.2) is 0 Å². The number of nitrogens with one attached hydrogen (secondary N) is 1. The summed E-state index contributed by atoms with van der Waals surface area (Å²) >= 11 is 0.